The van der Waals surface area contributed by atoms with E-state index in [0.717, 1.165) is 18.7 Å². The van der Waals surface area contributed by atoms with Crippen LogP contribution in [0.15, 0.2) is 10.9 Å². The SMILES string of the molecule is CN(c1cc(=O)[nH]c(C2CC2)n1)C(C)(C)CN. The molecule has 0 spiro atoms. The summed E-state index contributed by atoms with van der Waals surface area (Å²) in [7, 11) is 1.92. The van der Waals surface area contributed by atoms with E-state index < -0.39 is 0 Å². The largest absolute Gasteiger partial charge is 0.353 e. The number of aromatic amines is 1. The first kappa shape index (κ1) is 12.1. The Morgan fingerprint density at radius 3 is 2.76 bits per heavy atom. The number of likely N-dealkylation sites (N-methyl/N-ethyl adjacent to an activating group) is 1. The first-order valence-electron chi connectivity index (χ1n) is 5.99. The Morgan fingerprint density at radius 2 is 2.24 bits per heavy atom. The van der Waals surface area contributed by atoms with Gasteiger partial charge in [-0.3, -0.25) is 4.79 Å². The van der Waals surface area contributed by atoms with Crippen LogP contribution >= 0.6 is 0 Å². The van der Waals surface area contributed by atoms with Gasteiger partial charge in [0.2, 0.25) is 0 Å². The molecule has 1 fully saturated rings. The van der Waals surface area contributed by atoms with Crippen molar-refractivity contribution in [1.82, 2.24) is 9.97 Å². The van der Waals surface area contributed by atoms with Gasteiger partial charge in [0.25, 0.3) is 5.56 Å². The molecule has 94 valence electrons. The van der Waals surface area contributed by atoms with Gasteiger partial charge in [0.15, 0.2) is 0 Å². The number of nitrogens with one attached hydrogen (secondary N) is 1. The van der Waals surface area contributed by atoms with E-state index in [1.165, 1.54) is 6.07 Å². The van der Waals surface area contributed by atoms with E-state index in [1.807, 2.05) is 25.8 Å². The van der Waals surface area contributed by atoms with Crippen molar-refractivity contribution in [3.63, 3.8) is 0 Å². The van der Waals surface area contributed by atoms with Gasteiger partial charge >= 0.3 is 0 Å². The van der Waals surface area contributed by atoms with Gasteiger partial charge < -0.3 is 15.6 Å². The van der Waals surface area contributed by atoms with Crippen LogP contribution in [0.3, 0.4) is 0 Å². The molecule has 0 unspecified atom stereocenters. The summed E-state index contributed by atoms with van der Waals surface area (Å²) >= 11 is 0. The molecule has 1 aromatic rings. The quantitative estimate of drug-likeness (QED) is 0.811. The fraction of sp³-hybridized carbons (Fsp3) is 0.667. The third-order valence-electron chi connectivity index (χ3n) is 3.46. The van der Waals surface area contributed by atoms with E-state index in [1.54, 1.807) is 0 Å². The summed E-state index contributed by atoms with van der Waals surface area (Å²) < 4.78 is 0. The van der Waals surface area contributed by atoms with Crippen LogP contribution in [-0.2, 0) is 0 Å². The number of anilines is 1. The van der Waals surface area contributed by atoms with Crippen LogP contribution in [0.5, 0.6) is 0 Å². The van der Waals surface area contributed by atoms with Crippen LogP contribution in [0, 0.1) is 0 Å². The Kier molecular flexibility index (Phi) is 2.95. The van der Waals surface area contributed by atoms with Crippen LogP contribution in [0.2, 0.25) is 0 Å². The predicted molar refractivity (Wildman–Crippen MR) is 68.4 cm³/mol. The molecule has 0 aliphatic heterocycles. The summed E-state index contributed by atoms with van der Waals surface area (Å²) in [5, 5.41) is 0. The molecule has 1 aliphatic rings. The minimum Gasteiger partial charge on any atom is -0.353 e. The van der Waals surface area contributed by atoms with E-state index >= 15 is 0 Å². The number of hydrogen-bond donors (Lipinski definition) is 2. The molecule has 5 heteroatoms. The third-order valence-corrected chi connectivity index (χ3v) is 3.46. The summed E-state index contributed by atoms with van der Waals surface area (Å²) in [4.78, 5) is 20.9. The molecule has 1 heterocycles. The highest BCUT2D eigenvalue weighted by Gasteiger charge is 2.28. The lowest BCUT2D eigenvalue weighted by Crippen LogP contribution is -2.48. The lowest BCUT2D eigenvalue weighted by atomic mass is 10.0. The highest BCUT2D eigenvalue weighted by atomic mass is 16.1. The first-order chi connectivity index (χ1) is 7.94. The molecule has 17 heavy (non-hydrogen) atoms. The van der Waals surface area contributed by atoms with Crippen molar-refractivity contribution in [3.8, 4) is 0 Å². The highest BCUT2D eigenvalue weighted by molar-refractivity contribution is 5.40. The van der Waals surface area contributed by atoms with Gasteiger partial charge in [-0.1, -0.05) is 0 Å². The Balaban J connectivity index is 2.34. The Labute approximate surface area is 101 Å². The number of rotatable bonds is 4. The molecule has 1 aromatic heterocycles. The molecule has 5 nitrogen and oxygen atoms in total. The molecular weight excluding hydrogens is 216 g/mol. The fourth-order valence-corrected chi connectivity index (χ4v) is 1.63. The summed E-state index contributed by atoms with van der Waals surface area (Å²) in [6.07, 6.45) is 2.24. The summed E-state index contributed by atoms with van der Waals surface area (Å²) in [6, 6.07) is 1.53. The van der Waals surface area contributed by atoms with Gasteiger partial charge in [0.1, 0.15) is 11.6 Å². The molecule has 0 radical (unpaired) electrons. The van der Waals surface area contributed by atoms with E-state index in [4.69, 9.17) is 5.73 Å². The average Bonchev–Trinajstić information content (AvgIpc) is 3.11. The zero-order chi connectivity index (χ0) is 12.6. The third kappa shape index (κ3) is 2.49. The topological polar surface area (TPSA) is 75.0 Å². The molecule has 2 rings (SSSR count). The Hall–Kier alpha value is -1.36. The zero-order valence-electron chi connectivity index (χ0n) is 10.7. The average molecular weight is 236 g/mol. The molecule has 0 amide bonds. The molecule has 0 saturated heterocycles. The van der Waals surface area contributed by atoms with Crippen LogP contribution in [0.1, 0.15) is 38.4 Å². The van der Waals surface area contributed by atoms with Crippen molar-refractivity contribution in [3.05, 3.63) is 22.2 Å². The lowest BCUT2D eigenvalue weighted by molar-refractivity contribution is 0.493. The normalized spacial score (nSPS) is 16.0. The highest BCUT2D eigenvalue weighted by Crippen LogP contribution is 2.38. The second-order valence-corrected chi connectivity index (χ2v) is 5.34. The number of nitrogens with zero attached hydrogens (tertiary/aromatic N) is 2. The van der Waals surface area contributed by atoms with Crippen LogP contribution in [0.4, 0.5) is 5.82 Å². The van der Waals surface area contributed by atoms with Crippen molar-refractivity contribution in [2.75, 3.05) is 18.5 Å². The molecule has 1 aliphatic carbocycles. The maximum atomic E-state index is 11.6. The van der Waals surface area contributed by atoms with Gasteiger partial charge in [0, 0.05) is 31.1 Å². The van der Waals surface area contributed by atoms with E-state index in [0.29, 0.717) is 18.3 Å². The Morgan fingerprint density at radius 1 is 1.59 bits per heavy atom. The second-order valence-electron chi connectivity index (χ2n) is 5.34. The van der Waals surface area contributed by atoms with E-state index in [-0.39, 0.29) is 11.1 Å². The van der Waals surface area contributed by atoms with Crippen LogP contribution < -0.4 is 16.2 Å². The second kappa shape index (κ2) is 4.14. The lowest BCUT2D eigenvalue weighted by Gasteiger charge is -2.35. The van der Waals surface area contributed by atoms with Gasteiger partial charge in [-0.2, -0.15) is 0 Å². The Bertz CT molecular complexity index is 462. The molecular formula is C12H20N4O. The monoisotopic (exact) mass is 236 g/mol. The van der Waals surface area contributed by atoms with Gasteiger partial charge in [-0.05, 0) is 26.7 Å². The van der Waals surface area contributed by atoms with Crippen molar-refractivity contribution < 1.29 is 0 Å². The number of nitrogens with two attached hydrogens (primary N) is 1. The minimum absolute atomic E-state index is 0.0865. The standard InChI is InChI=1S/C12H20N4O/c1-12(2,7-13)16(3)9-6-10(17)15-11(14-9)8-4-5-8/h6,8H,4-5,7,13H2,1-3H3,(H,14,15,17). The maximum absolute atomic E-state index is 11.6. The van der Waals surface area contributed by atoms with E-state index in [2.05, 4.69) is 9.97 Å². The predicted octanol–water partition coefficient (Wildman–Crippen LogP) is 0.821. The summed E-state index contributed by atoms with van der Waals surface area (Å²) in [5.41, 5.74) is 5.44. The minimum atomic E-state index is -0.207. The fourth-order valence-electron chi connectivity index (χ4n) is 1.63. The first-order valence-corrected chi connectivity index (χ1v) is 5.99. The molecule has 0 bridgehead atoms. The molecule has 0 atom stereocenters. The van der Waals surface area contributed by atoms with Gasteiger partial charge in [-0.25, -0.2) is 4.98 Å². The zero-order valence-corrected chi connectivity index (χ0v) is 10.7. The van der Waals surface area contributed by atoms with Crippen LogP contribution in [0.25, 0.3) is 0 Å². The summed E-state index contributed by atoms with van der Waals surface area (Å²) in [6.45, 7) is 4.58. The van der Waals surface area contributed by atoms with Crippen LogP contribution in [-0.4, -0.2) is 29.1 Å². The van der Waals surface area contributed by atoms with E-state index in [9.17, 15) is 4.79 Å². The molecule has 3 N–H and O–H groups in total. The molecule has 0 aromatic carbocycles. The van der Waals surface area contributed by atoms with Gasteiger partial charge in [-0.15, -0.1) is 0 Å². The smallest absolute Gasteiger partial charge is 0.252 e. The van der Waals surface area contributed by atoms with Crippen molar-refractivity contribution in [2.45, 2.75) is 38.1 Å². The van der Waals surface area contributed by atoms with Gasteiger partial charge in [0.05, 0.1) is 0 Å². The maximum Gasteiger partial charge on any atom is 0.252 e. The molecule has 1 saturated carbocycles. The number of aromatic nitrogens is 2. The number of hydrogen-bond acceptors (Lipinski definition) is 4. The van der Waals surface area contributed by atoms with Crippen molar-refractivity contribution >= 4 is 5.82 Å². The van der Waals surface area contributed by atoms with Crippen molar-refractivity contribution in [2.24, 2.45) is 5.73 Å². The van der Waals surface area contributed by atoms with Crippen molar-refractivity contribution in [1.29, 1.82) is 0 Å². The number of H-pyrrole nitrogens is 1. The summed E-state index contributed by atoms with van der Waals surface area (Å²) in [5.74, 6) is 1.95.